The molecule has 23 heavy (non-hydrogen) atoms. The number of anilines is 1. The van der Waals surface area contributed by atoms with Gasteiger partial charge in [-0.05, 0) is 39.0 Å². The molecule has 120 valence electrons. The van der Waals surface area contributed by atoms with Crippen LogP contribution in [0.4, 0.5) is 10.5 Å². The standard InChI is InChI=1S/C17H18N2O4/c1-17(2,3)23-16(21)19-11-6-4-5-7-12(11)22-13-9-8-10(18)15(20)14(13)19/h4-10H,18H2,1-3H3. The zero-order chi connectivity index (χ0) is 16.8. The number of carbonyl (C=O) groups excluding carboxylic acids is 2. The molecule has 1 amide bonds. The monoisotopic (exact) mass is 314 g/mol. The number of ketones is 1. The van der Waals surface area contributed by atoms with Crippen LogP contribution in [0.15, 0.2) is 47.9 Å². The van der Waals surface area contributed by atoms with Crippen molar-refractivity contribution in [3.8, 4) is 5.75 Å². The number of fused-ring (bicyclic) bond motifs is 1. The lowest BCUT2D eigenvalue weighted by Gasteiger charge is -2.35. The lowest BCUT2D eigenvalue weighted by Crippen LogP contribution is -2.46. The predicted molar refractivity (Wildman–Crippen MR) is 84.9 cm³/mol. The molecule has 0 saturated carbocycles. The summed E-state index contributed by atoms with van der Waals surface area (Å²) in [6.07, 6.45) is 2.51. The van der Waals surface area contributed by atoms with Gasteiger partial charge in [-0.15, -0.1) is 0 Å². The highest BCUT2D eigenvalue weighted by molar-refractivity contribution is 6.12. The third-order valence-corrected chi connectivity index (χ3v) is 3.35. The van der Waals surface area contributed by atoms with Crippen LogP contribution in [-0.2, 0) is 9.53 Å². The summed E-state index contributed by atoms with van der Waals surface area (Å²) >= 11 is 0. The van der Waals surface area contributed by atoms with E-state index in [4.69, 9.17) is 15.2 Å². The van der Waals surface area contributed by atoms with E-state index >= 15 is 0 Å². The van der Waals surface area contributed by atoms with Crippen LogP contribution in [0.3, 0.4) is 0 Å². The van der Waals surface area contributed by atoms with Crippen molar-refractivity contribution in [2.75, 3.05) is 4.90 Å². The Bertz CT molecular complexity index is 743. The molecular weight excluding hydrogens is 296 g/mol. The van der Waals surface area contributed by atoms with Crippen molar-refractivity contribution in [1.29, 1.82) is 0 Å². The Morgan fingerprint density at radius 1 is 1.30 bits per heavy atom. The molecule has 1 atom stereocenters. The Hall–Kier alpha value is -2.60. The van der Waals surface area contributed by atoms with Gasteiger partial charge in [0.2, 0.25) is 5.78 Å². The zero-order valence-corrected chi connectivity index (χ0v) is 13.2. The van der Waals surface area contributed by atoms with Crippen molar-refractivity contribution < 1.29 is 19.1 Å². The molecular formula is C17H18N2O4. The maximum Gasteiger partial charge on any atom is 0.419 e. The third-order valence-electron chi connectivity index (χ3n) is 3.35. The number of benzene rings is 1. The van der Waals surface area contributed by atoms with E-state index in [2.05, 4.69) is 0 Å². The summed E-state index contributed by atoms with van der Waals surface area (Å²) in [6.45, 7) is 5.29. The maximum absolute atomic E-state index is 12.7. The molecule has 1 aromatic carbocycles. The number of hydrogen-bond acceptors (Lipinski definition) is 5. The van der Waals surface area contributed by atoms with Crippen molar-refractivity contribution in [1.82, 2.24) is 0 Å². The highest BCUT2D eigenvalue weighted by Crippen LogP contribution is 2.40. The highest BCUT2D eigenvalue weighted by atomic mass is 16.6. The van der Waals surface area contributed by atoms with Crippen LogP contribution in [0.5, 0.6) is 5.75 Å². The number of rotatable bonds is 0. The van der Waals surface area contributed by atoms with Gasteiger partial charge in [-0.1, -0.05) is 18.2 Å². The number of para-hydroxylation sites is 2. The van der Waals surface area contributed by atoms with Gasteiger partial charge in [0.25, 0.3) is 0 Å². The van der Waals surface area contributed by atoms with Crippen molar-refractivity contribution >= 4 is 17.6 Å². The second-order valence-electron chi connectivity index (χ2n) is 6.35. The number of nitrogens with zero attached hydrogens (tertiary/aromatic N) is 1. The second-order valence-corrected chi connectivity index (χ2v) is 6.35. The summed E-state index contributed by atoms with van der Waals surface area (Å²) in [5.41, 5.74) is 5.66. The van der Waals surface area contributed by atoms with Gasteiger partial charge in [-0.25, -0.2) is 9.69 Å². The SMILES string of the molecule is CC(C)(C)OC(=O)N1C2=C(C=CC(N)C2=O)Oc2ccccc21. The van der Waals surface area contributed by atoms with Gasteiger partial charge < -0.3 is 15.2 Å². The number of Topliss-reactive ketones (excluding diaryl/α,β-unsaturated/α-hetero) is 1. The lowest BCUT2D eigenvalue weighted by atomic mass is 10.0. The highest BCUT2D eigenvalue weighted by Gasteiger charge is 2.39. The predicted octanol–water partition coefficient (Wildman–Crippen LogP) is 2.50. The Morgan fingerprint density at radius 3 is 2.70 bits per heavy atom. The maximum atomic E-state index is 12.7. The number of ether oxygens (including phenoxy) is 2. The van der Waals surface area contributed by atoms with Crippen LogP contribution in [0.1, 0.15) is 20.8 Å². The number of allylic oxidation sites excluding steroid dienone is 1. The summed E-state index contributed by atoms with van der Waals surface area (Å²) in [6, 6.07) is 6.16. The van der Waals surface area contributed by atoms with E-state index in [-0.39, 0.29) is 11.5 Å². The van der Waals surface area contributed by atoms with Gasteiger partial charge in [0, 0.05) is 0 Å². The Morgan fingerprint density at radius 2 is 2.00 bits per heavy atom. The minimum atomic E-state index is -0.812. The Kier molecular flexibility index (Phi) is 3.49. The van der Waals surface area contributed by atoms with Crippen molar-refractivity contribution in [3.05, 3.63) is 47.9 Å². The van der Waals surface area contributed by atoms with Gasteiger partial charge in [0.05, 0.1) is 11.7 Å². The molecule has 3 rings (SSSR count). The van der Waals surface area contributed by atoms with E-state index in [1.54, 1.807) is 57.2 Å². The summed E-state index contributed by atoms with van der Waals surface area (Å²) < 4.78 is 11.2. The minimum Gasteiger partial charge on any atom is -0.453 e. The fourth-order valence-corrected chi connectivity index (χ4v) is 2.40. The molecule has 2 N–H and O–H groups in total. The molecule has 1 aliphatic heterocycles. The van der Waals surface area contributed by atoms with E-state index in [0.29, 0.717) is 17.2 Å². The number of hydrogen-bond donors (Lipinski definition) is 1. The smallest absolute Gasteiger partial charge is 0.419 e. The van der Waals surface area contributed by atoms with Gasteiger partial charge in [-0.3, -0.25) is 4.79 Å². The van der Waals surface area contributed by atoms with E-state index in [1.807, 2.05) is 0 Å². The average molecular weight is 314 g/mol. The fourth-order valence-electron chi connectivity index (χ4n) is 2.40. The molecule has 0 radical (unpaired) electrons. The van der Waals surface area contributed by atoms with E-state index in [0.717, 1.165) is 0 Å². The first-order valence-electron chi connectivity index (χ1n) is 7.30. The number of nitrogens with two attached hydrogens (primary N) is 1. The summed E-state index contributed by atoms with van der Waals surface area (Å²) in [7, 11) is 0. The van der Waals surface area contributed by atoms with Crippen LogP contribution in [0.2, 0.25) is 0 Å². The first-order valence-corrected chi connectivity index (χ1v) is 7.30. The number of amides is 1. The molecule has 1 heterocycles. The van der Waals surface area contributed by atoms with Crippen LogP contribution in [0.25, 0.3) is 0 Å². The van der Waals surface area contributed by atoms with E-state index in [1.165, 1.54) is 4.90 Å². The van der Waals surface area contributed by atoms with Crippen molar-refractivity contribution in [3.63, 3.8) is 0 Å². The molecule has 1 aliphatic carbocycles. The molecule has 2 aliphatic rings. The molecule has 0 bridgehead atoms. The van der Waals surface area contributed by atoms with Crippen molar-refractivity contribution in [2.24, 2.45) is 5.73 Å². The normalized spacial score (nSPS) is 19.9. The van der Waals surface area contributed by atoms with Gasteiger partial charge in [0.1, 0.15) is 11.3 Å². The first kappa shape index (κ1) is 15.3. The quantitative estimate of drug-likeness (QED) is 0.795. The fraction of sp³-hybridized carbons (Fsp3) is 0.294. The van der Waals surface area contributed by atoms with Crippen LogP contribution in [-0.4, -0.2) is 23.5 Å². The third kappa shape index (κ3) is 2.73. The summed E-state index contributed by atoms with van der Waals surface area (Å²) in [5, 5.41) is 0. The summed E-state index contributed by atoms with van der Waals surface area (Å²) in [5.74, 6) is 0.383. The average Bonchev–Trinajstić information content (AvgIpc) is 2.47. The van der Waals surface area contributed by atoms with Gasteiger partial charge in [-0.2, -0.15) is 0 Å². The molecule has 6 nitrogen and oxygen atoms in total. The molecule has 1 aromatic rings. The lowest BCUT2D eigenvalue weighted by molar-refractivity contribution is -0.116. The molecule has 0 spiro atoms. The molecule has 1 unspecified atom stereocenters. The largest absolute Gasteiger partial charge is 0.453 e. The molecule has 0 aromatic heterocycles. The van der Waals surface area contributed by atoms with Crippen LogP contribution < -0.4 is 15.4 Å². The van der Waals surface area contributed by atoms with Crippen molar-refractivity contribution in [2.45, 2.75) is 32.4 Å². The second kappa shape index (κ2) is 5.24. The van der Waals surface area contributed by atoms with E-state index < -0.39 is 17.7 Å². The Balaban J connectivity index is 2.12. The zero-order valence-electron chi connectivity index (χ0n) is 13.2. The van der Waals surface area contributed by atoms with E-state index in [9.17, 15) is 9.59 Å². The van der Waals surface area contributed by atoms with Gasteiger partial charge >= 0.3 is 6.09 Å². The Labute approximate surface area is 134 Å². The number of carbonyl (C=O) groups is 2. The van der Waals surface area contributed by atoms with Crippen LogP contribution >= 0.6 is 0 Å². The molecule has 0 saturated heterocycles. The topological polar surface area (TPSA) is 81.9 Å². The molecule has 0 fully saturated rings. The molecule has 6 heteroatoms. The van der Waals surface area contributed by atoms with Crippen LogP contribution in [0, 0.1) is 0 Å². The first-order chi connectivity index (χ1) is 10.8. The minimum absolute atomic E-state index is 0.105. The van der Waals surface area contributed by atoms with Gasteiger partial charge in [0.15, 0.2) is 11.5 Å². The summed E-state index contributed by atoms with van der Waals surface area (Å²) in [4.78, 5) is 26.4.